The summed E-state index contributed by atoms with van der Waals surface area (Å²) in [4.78, 5) is 40.6. The van der Waals surface area contributed by atoms with Crippen molar-refractivity contribution >= 4 is 64.7 Å². The number of benzene rings is 2. The number of halogens is 4. The van der Waals surface area contributed by atoms with Crippen LogP contribution in [0, 0.1) is 0 Å². The molecule has 0 saturated heterocycles. The number of ether oxygens (including phenoxy) is 4. The van der Waals surface area contributed by atoms with E-state index in [1.54, 1.807) is 68.4 Å². The second kappa shape index (κ2) is 19.3. The Labute approximate surface area is 356 Å². The van der Waals surface area contributed by atoms with Crippen LogP contribution in [0.25, 0.3) is 10.9 Å². The van der Waals surface area contributed by atoms with Crippen LogP contribution >= 0.6 is 11.6 Å². The number of hydrogen-bond donors (Lipinski definition) is 1. The minimum atomic E-state index is -4.87. The maximum Gasteiger partial charge on any atom is 0.435 e. The van der Waals surface area contributed by atoms with Crippen LogP contribution in [0.2, 0.25) is 23.2 Å². The first-order chi connectivity index (χ1) is 27.4. The largest absolute Gasteiger partial charge is 0.492 e. The lowest BCUT2D eigenvalue weighted by Crippen LogP contribution is -2.45. The normalized spacial score (nSPS) is 13.5. The SMILES string of the molecule is CC[Si](CC)(CC)OC(CN(CCOc1ccc2c(C(F)(F)F)nn(C(=O)OC(C)(C)C)c2c1)C(=O)OC(C)(C)C)c1ccc(Cl)c(NS(=O)(=O)CC(=O)OC(C)(C)C)c1. The van der Waals surface area contributed by atoms with E-state index in [-0.39, 0.29) is 47.1 Å². The number of sulfonamides is 1. The maximum absolute atomic E-state index is 14.0. The van der Waals surface area contributed by atoms with Crippen LogP contribution in [0.4, 0.5) is 28.4 Å². The van der Waals surface area contributed by atoms with E-state index in [2.05, 4.69) is 9.82 Å². The van der Waals surface area contributed by atoms with Gasteiger partial charge < -0.3 is 28.3 Å². The Morgan fingerprint density at radius 3 is 1.98 bits per heavy atom. The second-order valence-corrected chi connectivity index (χ2v) is 24.1. The number of nitrogens with zero attached hydrogens (tertiary/aromatic N) is 3. The van der Waals surface area contributed by atoms with E-state index in [1.807, 2.05) is 20.8 Å². The lowest BCUT2D eigenvalue weighted by Gasteiger charge is -2.36. The summed E-state index contributed by atoms with van der Waals surface area (Å²) in [5.74, 6) is -1.84. The lowest BCUT2D eigenvalue weighted by atomic mass is 10.1. The van der Waals surface area contributed by atoms with Crippen molar-refractivity contribution in [2.24, 2.45) is 0 Å². The third-order valence-corrected chi connectivity index (χ3v) is 15.0. The molecule has 3 aromatic rings. The molecule has 336 valence electrons. The highest BCUT2D eigenvalue weighted by atomic mass is 35.5. The molecule has 60 heavy (non-hydrogen) atoms. The van der Waals surface area contributed by atoms with Gasteiger partial charge in [-0.05, 0) is 110 Å². The number of hydrogen-bond acceptors (Lipinski definition) is 11. The predicted molar refractivity (Wildman–Crippen MR) is 225 cm³/mol. The summed E-state index contributed by atoms with van der Waals surface area (Å²) < 4.78 is 100. The fraction of sp³-hybridized carbons (Fsp3) is 0.600. The quantitative estimate of drug-likeness (QED) is 0.0826. The first-order valence-corrected chi connectivity index (χ1v) is 24.1. The zero-order valence-corrected chi connectivity index (χ0v) is 38.9. The number of carbonyl (C=O) groups is 3. The first-order valence-electron chi connectivity index (χ1n) is 19.5. The predicted octanol–water partition coefficient (Wildman–Crippen LogP) is 9.95. The molecule has 1 N–H and O–H groups in total. The number of aromatic nitrogens is 2. The molecule has 0 radical (unpaired) electrons. The van der Waals surface area contributed by atoms with Gasteiger partial charge in [0.25, 0.3) is 0 Å². The second-order valence-electron chi connectivity index (χ2n) is 17.2. The van der Waals surface area contributed by atoms with Crippen molar-refractivity contribution in [3.63, 3.8) is 0 Å². The molecule has 0 aliphatic heterocycles. The van der Waals surface area contributed by atoms with Gasteiger partial charge in [0.05, 0.1) is 35.4 Å². The first kappa shape index (κ1) is 50.3. The van der Waals surface area contributed by atoms with Gasteiger partial charge in [-0.15, -0.1) is 0 Å². The molecular weight excluding hydrogens is 849 g/mol. The minimum Gasteiger partial charge on any atom is -0.492 e. The molecule has 0 fully saturated rings. The Hall–Kier alpha value is -4.07. The Morgan fingerprint density at radius 1 is 0.867 bits per heavy atom. The zero-order chi connectivity index (χ0) is 45.6. The molecular formula is C40H58ClF3N4O10SSi. The number of amides is 1. The Morgan fingerprint density at radius 2 is 1.45 bits per heavy atom. The smallest absolute Gasteiger partial charge is 0.435 e. The summed E-state index contributed by atoms with van der Waals surface area (Å²) in [6.45, 7) is 20.3. The number of anilines is 1. The van der Waals surface area contributed by atoms with E-state index in [0.29, 0.717) is 10.2 Å². The molecule has 1 atom stereocenters. The van der Waals surface area contributed by atoms with Crippen molar-refractivity contribution in [3.8, 4) is 5.75 Å². The summed E-state index contributed by atoms with van der Waals surface area (Å²) in [6, 6.07) is 10.5. The minimum absolute atomic E-state index is 0.0232. The molecule has 2 aromatic carbocycles. The van der Waals surface area contributed by atoms with Crippen LogP contribution in [-0.2, 0) is 39.6 Å². The molecule has 0 saturated carbocycles. The van der Waals surface area contributed by atoms with Crippen LogP contribution < -0.4 is 9.46 Å². The molecule has 1 heterocycles. The topological polar surface area (TPSA) is 165 Å². The molecule has 0 aliphatic carbocycles. The highest BCUT2D eigenvalue weighted by molar-refractivity contribution is 7.93. The number of alkyl halides is 3. The van der Waals surface area contributed by atoms with Gasteiger partial charge in [-0.2, -0.15) is 23.0 Å². The van der Waals surface area contributed by atoms with E-state index in [4.69, 9.17) is 35.0 Å². The van der Waals surface area contributed by atoms with Crippen molar-refractivity contribution in [2.45, 2.75) is 130 Å². The highest BCUT2D eigenvalue weighted by Gasteiger charge is 2.39. The molecule has 14 nitrogen and oxygen atoms in total. The van der Waals surface area contributed by atoms with Crippen molar-refractivity contribution < 1.29 is 59.3 Å². The number of carbonyl (C=O) groups excluding carboxylic acids is 3. The van der Waals surface area contributed by atoms with Gasteiger partial charge >= 0.3 is 24.3 Å². The maximum atomic E-state index is 14.0. The zero-order valence-electron chi connectivity index (χ0n) is 36.3. The summed E-state index contributed by atoms with van der Waals surface area (Å²) in [7, 11) is -6.73. The van der Waals surface area contributed by atoms with Crippen LogP contribution in [0.5, 0.6) is 5.75 Å². The molecule has 0 spiro atoms. The standard InChI is InChI=1S/C40H58ClF3N4O10SSi/c1-13-60(14-2,15-3)58-32(26-16-19-29(41)30(22-26)46-59(52,53)25-33(49)55-37(4,5)6)24-47(35(50)56-38(7,8)9)20-21-54-27-17-18-28-31(23-27)48(36(51)57-39(10,11)12)45-34(28)40(42,43)44/h16-19,22-23,32,46H,13-15,20-21,24-25H2,1-12H3. The van der Waals surface area contributed by atoms with E-state index in [1.165, 1.54) is 29.2 Å². The van der Waals surface area contributed by atoms with Gasteiger partial charge in [-0.1, -0.05) is 38.4 Å². The van der Waals surface area contributed by atoms with Gasteiger partial charge in [0.2, 0.25) is 10.0 Å². The summed E-state index contributed by atoms with van der Waals surface area (Å²) in [6.07, 6.45) is -7.55. The van der Waals surface area contributed by atoms with Crippen LogP contribution in [0.3, 0.4) is 0 Å². The van der Waals surface area contributed by atoms with E-state index in [0.717, 1.165) is 24.2 Å². The van der Waals surface area contributed by atoms with Gasteiger partial charge in [-0.25, -0.2) is 18.0 Å². The third kappa shape index (κ3) is 14.8. The average Bonchev–Trinajstić information content (AvgIpc) is 3.48. The van der Waals surface area contributed by atoms with Crippen molar-refractivity contribution in [1.82, 2.24) is 14.7 Å². The average molecular weight is 908 g/mol. The Bertz CT molecular complexity index is 2100. The summed E-state index contributed by atoms with van der Waals surface area (Å²) in [5.41, 5.74) is -3.87. The fourth-order valence-electron chi connectivity index (χ4n) is 5.96. The number of rotatable bonds is 16. The van der Waals surface area contributed by atoms with Gasteiger partial charge in [0, 0.05) is 11.5 Å². The van der Waals surface area contributed by atoms with Crippen LogP contribution in [0.1, 0.15) is 100 Å². The number of esters is 1. The third-order valence-electron chi connectivity index (χ3n) is 8.84. The number of nitrogens with one attached hydrogen (secondary N) is 1. The van der Waals surface area contributed by atoms with E-state index < -0.39 is 77.0 Å². The van der Waals surface area contributed by atoms with Crippen LogP contribution in [-0.4, -0.2) is 91.8 Å². The highest BCUT2D eigenvalue weighted by Crippen LogP contribution is 2.37. The molecule has 1 unspecified atom stereocenters. The van der Waals surface area contributed by atoms with E-state index >= 15 is 0 Å². The monoisotopic (exact) mass is 906 g/mol. The van der Waals surface area contributed by atoms with Gasteiger partial charge in [-0.3, -0.25) is 9.52 Å². The summed E-state index contributed by atoms with van der Waals surface area (Å²) in [5, 5.41) is 3.23. The van der Waals surface area contributed by atoms with Gasteiger partial charge in [0.15, 0.2) is 19.8 Å². The molecule has 3 rings (SSSR count). The van der Waals surface area contributed by atoms with Gasteiger partial charge in [0.1, 0.15) is 29.2 Å². The molecule has 0 aliphatic rings. The van der Waals surface area contributed by atoms with Crippen molar-refractivity contribution in [1.29, 1.82) is 0 Å². The molecule has 1 amide bonds. The van der Waals surface area contributed by atoms with Crippen molar-refractivity contribution in [2.75, 3.05) is 30.2 Å². The van der Waals surface area contributed by atoms with E-state index in [9.17, 15) is 36.0 Å². The fourth-order valence-corrected chi connectivity index (χ4v) is 9.94. The summed E-state index contributed by atoms with van der Waals surface area (Å²) >= 11 is 6.47. The number of fused-ring (bicyclic) bond motifs is 1. The molecule has 0 bridgehead atoms. The van der Waals surface area contributed by atoms with Crippen LogP contribution in [0.15, 0.2) is 36.4 Å². The lowest BCUT2D eigenvalue weighted by molar-refractivity contribution is -0.151. The molecule has 1 aromatic heterocycles. The Balaban J connectivity index is 2.02. The van der Waals surface area contributed by atoms with Crippen molar-refractivity contribution in [3.05, 3.63) is 52.7 Å². The molecule has 20 heteroatoms. The Kier molecular flexibility index (Phi) is 16.2.